The molecule has 0 N–H and O–H groups in total. The van der Waals surface area contributed by atoms with E-state index in [4.69, 9.17) is 4.42 Å². The van der Waals surface area contributed by atoms with Crippen LogP contribution < -0.4 is 0 Å². The Morgan fingerprint density at radius 3 is 2.54 bits per heavy atom. The molecule has 0 fully saturated rings. The topological polar surface area (TPSA) is 51.8 Å². The Bertz CT molecular complexity index is 381. The van der Waals surface area contributed by atoms with E-state index in [1.165, 1.54) is 6.26 Å². The Labute approximate surface area is 75.0 Å². The number of rotatable bonds is 2. The summed E-state index contributed by atoms with van der Waals surface area (Å²) in [6.45, 7) is 0. The first-order chi connectivity index (χ1) is 6.45. The Morgan fingerprint density at radius 2 is 1.85 bits per heavy atom. The highest BCUT2D eigenvalue weighted by Gasteiger charge is 1.90. The number of hydrogen-bond donors (Lipinski definition) is 0. The number of oxazole rings is 1. The van der Waals surface area contributed by atoms with Crippen molar-refractivity contribution in [3.05, 3.63) is 42.6 Å². The van der Waals surface area contributed by atoms with Crippen LogP contribution in [0.15, 0.2) is 35.3 Å². The lowest BCUT2D eigenvalue weighted by Crippen LogP contribution is -1.82. The first-order valence-electron chi connectivity index (χ1n) is 3.80. The maximum Gasteiger partial charge on any atom is 0.218 e. The van der Waals surface area contributed by atoms with Gasteiger partial charge in [0.25, 0.3) is 0 Å². The van der Waals surface area contributed by atoms with Gasteiger partial charge >= 0.3 is 0 Å². The average molecular weight is 173 g/mol. The molecule has 0 bridgehead atoms. The van der Waals surface area contributed by atoms with Crippen LogP contribution in [-0.4, -0.2) is 15.0 Å². The van der Waals surface area contributed by atoms with Crippen molar-refractivity contribution in [2.75, 3.05) is 0 Å². The van der Waals surface area contributed by atoms with Crippen LogP contribution in [0.25, 0.3) is 12.2 Å². The molecule has 0 saturated heterocycles. The van der Waals surface area contributed by atoms with Crippen LogP contribution in [0.3, 0.4) is 0 Å². The van der Waals surface area contributed by atoms with Crippen LogP contribution in [-0.2, 0) is 0 Å². The van der Waals surface area contributed by atoms with Crippen LogP contribution >= 0.6 is 0 Å². The molecule has 2 aromatic rings. The third-order valence-corrected chi connectivity index (χ3v) is 1.41. The summed E-state index contributed by atoms with van der Waals surface area (Å²) in [5.41, 5.74) is 0. The quantitative estimate of drug-likeness (QED) is 0.692. The molecular formula is C9H7N3O. The minimum absolute atomic E-state index is 0.549. The van der Waals surface area contributed by atoms with E-state index in [0.717, 1.165) is 0 Å². The molecule has 4 heteroatoms. The highest BCUT2D eigenvalue weighted by molar-refractivity contribution is 5.61. The van der Waals surface area contributed by atoms with Crippen molar-refractivity contribution in [2.45, 2.75) is 0 Å². The van der Waals surface area contributed by atoms with E-state index in [1.54, 1.807) is 36.8 Å². The zero-order valence-corrected chi connectivity index (χ0v) is 6.79. The summed E-state index contributed by atoms with van der Waals surface area (Å²) in [5, 5.41) is 0. The van der Waals surface area contributed by atoms with Crippen molar-refractivity contribution in [2.24, 2.45) is 0 Å². The van der Waals surface area contributed by atoms with Gasteiger partial charge in [0.05, 0.1) is 6.20 Å². The summed E-state index contributed by atoms with van der Waals surface area (Å²) >= 11 is 0. The van der Waals surface area contributed by atoms with Gasteiger partial charge in [0.15, 0.2) is 5.82 Å². The second kappa shape index (κ2) is 3.62. The first kappa shape index (κ1) is 7.67. The summed E-state index contributed by atoms with van der Waals surface area (Å²) in [5.74, 6) is 1.19. The predicted octanol–water partition coefficient (Wildman–Crippen LogP) is 1.63. The summed E-state index contributed by atoms with van der Waals surface area (Å²) in [6.07, 6.45) is 9.93. The standard InChI is InChI=1S/C9H7N3O/c1-4-10-8(11-5-1)2-3-9-12-6-7-13-9/h1-7H. The number of hydrogen-bond acceptors (Lipinski definition) is 4. The molecule has 0 aliphatic rings. The zero-order chi connectivity index (χ0) is 8.93. The summed E-state index contributed by atoms with van der Waals surface area (Å²) in [4.78, 5) is 11.9. The predicted molar refractivity (Wildman–Crippen MR) is 47.5 cm³/mol. The summed E-state index contributed by atoms with van der Waals surface area (Å²) < 4.78 is 5.00. The highest BCUT2D eigenvalue weighted by atomic mass is 16.3. The van der Waals surface area contributed by atoms with E-state index in [9.17, 15) is 0 Å². The third-order valence-electron chi connectivity index (χ3n) is 1.41. The van der Waals surface area contributed by atoms with Crippen molar-refractivity contribution in [1.82, 2.24) is 15.0 Å². The molecule has 0 unspecified atom stereocenters. The van der Waals surface area contributed by atoms with E-state index in [0.29, 0.717) is 11.7 Å². The van der Waals surface area contributed by atoms with E-state index >= 15 is 0 Å². The molecule has 2 aromatic heterocycles. The lowest BCUT2D eigenvalue weighted by atomic mass is 10.4. The smallest absolute Gasteiger partial charge is 0.218 e. The molecular weight excluding hydrogens is 166 g/mol. The number of aromatic nitrogens is 3. The molecule has 64 valence electrons. The Kier molecular flexibility index (Phi) is 2.14. The van der Waals surface area contributed by atoms with Crippen molar-refractivity contribution in [1.29, 1.82) is 0 Å². The van der Waals surface area contributed by atoms with Crippen LogP contribution in [0.2, 0.25) is 0 Å². The third kappa shape index (κ3) is 1.99. The van der Waals surface area contributed by atoms with Gasteiger partial charge in [0, 0.05) is 18.5 Å². The van der Waals surface area contributed by atoms with Gasteiger partial charge in [0.1, 0.15) is 6.26 Å². The van der Waals surface area contributed by atoms with Crippen LogP contribution in [0.1, 0.15) is 11.7 Å². The molecule has 0 aliphatic heterocycles. The van der Waals surface area contributed by atoms with Crippen LogP contribution in [0.5, 0.6) is 0 Å². The largest absolute Gasteiger partial charge is 0.445 e. The zero-order valence-electron chi connectivity index (χ0n) is 6.79. The fraction of sp³-hybridized carbons (Fsp3) is 0. The maximum atomic E-state index is 5.00. The second-order valence-electron chi connectivity index (χ2n) is 2.31. The van der Waals surface area contributed by atoms with Gasteiger partial charge in [-0.2, -0.15) is 0 Å². The molecule has 0 aromatic carbocycles. The minimum atomic E-state index is 0.549. The van der Waals surface area contributed by atoms with E-state index in [-0.39, 0.29) is 0 Å². The van der Waals surface area contributed by atoms with Gasteiger partial charge in [-0.15, -0.1) is 0 Å². The monoisotopic (exact) mass is 173 g/mol. The normalized spacial score (nSPS) is 10.8. The Morgan fingerprint density at radius 1 is 1.00 bits per heavy atom. The van der Waals surface area contributed by atoms with E-state index < -0.39 is 0 Å². The van der Waals surface area contributed by atoms with Gasteiger partial charge in [0.2, 0.25) is 5.89 Å². The molecule has 13 heavy (non-hydrogen) atoms. The van der Waals surface area contributed by atoms with Gasteiger partial charge in [-0.1, -0.05) is 0 Å². The summed E-state index contributed by atoms with van der Waals surface area (Å²) in [7, 11) is 0. The average Bonchev–Trinajstić information content (AvgIpc) is 2.69. The van der Waals surface area contributed by atoms with E-state index in [2.05, 4.69) is 15.0 Å². The summed E-state index contributed by atoms with van der Waals surface area (Å²) in [6, 6.07) is 1.77. The van der Waals surface area contributed by atoms with Gasteiger partial charge in [-0.3, -0.25) is 0 Å². The molecule has 2 rings (SSSR count). The first-order valence-corrected chi connectivity index (χ1v) is 3.80. The maximum absolute atomic E-state index is 5.00. The molecule has 0 atom stereocenters. The highest BCUT2D eigenvalue weighted by Crippen LogP contribution is 2.00. The minimum Gasteiger partial charge on any atom is -0.445 e. The van der Waals surface area contributed by atoms with Gasteiger partial charge < -0.3 is 4.42 Å². The lowest BCUT2D eigenvalue weighted by molar-refractivity contribution is 0.547. The molecule has 2 heterocycles. The molecule has 4 nitrogen and oxygen atoms in total. The van der Waals surface area contributed by atoms with Crippen LogP contribution in [0, 0.1) is 0 Å². The van der Waals surface area contributed by atoms with Crippen molar-refractivity contribution in [3.8, 4) is 0 Å². The fourth-order valence-electron chi connectivity index (χ4n) is 0.859. The molecule has 0 radical (unpaired) electrons. The van der Waals surface area contributed by atoms with Gasteiger partial charge in [-0.05, 0) is 12.1 Å². The van der Waals surface area contributed by atoms with E-state index in [1.807, 2.05) is 0 Å². The molecule has 0 saturated carbocycles. The molecule has 0 aliphatic carbocycles. The SMILES string of the molecule is C(=Cc1ncco1)c1ncccn1. The van der Waals surface area contributed by atoms with Gasteiger partial charge in [-0.25, -0.2) is 15.0 Å². The fourth-order valence-corrected chi connectivity index (χ4v) is 0.859. The van der Waals surface area contributed by atoms with Crippen LogP contribution in [0.4, 0.5) is 0 Å². The van der Waals surface area contributed by atoms with Crippen molar-refractivity contribution >= 4 is 12.2 Å². The molecule has 0 spiro atoms. The Balaban J connectivity index is 2.15. The van der Waals surface area contributed by atoms with Crippen molar-refractivity contribution < 1.29 is 4.42 Å². The second-order valence-corrected chi connectivity index (χ2v) is 2.31. The Hall–Kier alpha value is -1.97. The lowest BCUT2D eigenvalue weighted by Gasteiger charge is -1.87. The molecule has 0 amide bonds. The van der Waals surface area contributed by atoms with Crippen molar-refractivity contribution in [3.63, 3.8) is 0 Å². The number of nitrogens with zero attached hydrogens (tertiary/aromatic N) is 3.